The van der Waals surface area contributed by atoms with Crippen LogP contribution in [0, 0.1) is 5.92 Å². The van der Waals surface area contributed by atoms with Crippen LogP contribution in [0.2, 0.25) is 0 Å². The highest BCUT2D eigenvalue weighted by molar-refractivity contribution is 5.94. The van der Waals surface area contributed by atoms with E-state index in [9.17, 15) is 4.79 Å². The Bertz CT molecular complexity index is 904. The molecule has 5 nitrogen and oxygen atoms in total. The lowest BCUT2D eigenvalue weighted by Crippen LogP contribution is -2.41. The van der Waals surface area contributed by atoms with Gasteiger partial charge in [-0.25, -0.2) is 0 Å². The number of hydrogen-bond acceptors (Lipinski definition) is 4. The van der Waals surface area contributed by atoms with Crippen LogP contribution in [0.4, 0.5) is 11.5 Å². The van der Waals surface area contributed by atoms with Gasteiger partial charge in [-0.3, -0.25) is 4.79 Å². The van der Waals surface area contributed by atoms with E-state index < -0.39 is 0 Å². The van der Waals surface area contributed by atoms with E-state index in [0.717, 1.165) is 48.7 Å². The van der Waals surface area contributed by atoms with Gasteiger partial charge in [-0.2, -0.15) is 0 Å². The molecule has 0 unspecified atom stereocenters. The second-order valence-electron chi connectivity index (χ2n) is 7.14. The number of anilines is 2. The van der Waals surface area contributed by atoms with Crippen molar-refractivity contribution in [3.63, 3.8) is 0 Å². The molecule has 1 fully saturated rings. The molecule has 1 aliphatic heterocycles. The Hall–Kier alpha value is -3.21. The zero-order valence-corrected chi connectivity index (χ0v) is 16.0. The van der Waals surface area contributed by atoms with Crippen LogP contribution in [-0.4, -0.2) is 36.2 Å². The predicted molar refractivity (Wildman–Crippen MR) is 112 cm³/mol. The third kappa shape index (κ3) is 3.88. The van der Waals surface area contributed by atoms with Gasteiger partial charge in [0.05, 0.1) is 5.69 Å². The number of piperidine rings is 1. The molecule has 28 heavy (non-hydrogen) atoms. The van der Waals surface area contributed by atoms with Crippen molar-refractivity contribution < 1.29 is 4.79 Å². The lowest BCUT2D eigenvalue weighted by atomic mass is 9.95. The minimum atomic E-state index is 0.0537. The first-order valence-electron chi connectivity index (χ1n) is 9.69. The van der Waals surface area contributed by atoms with Gasteiger partial charge in [-0.1, -0.05) is 48.5 Å². The van der Waals surface area contributed by atoms with Crippen molar-refractivity contribution in [3.05, 3.63) is 72.8 Å². The van der Waals surface area contributed by atoms with Gasteiger partial charge in [0.25, 0.3) is 0 Å². The van der Waals surface area contributed by atoms with Crippen LogP contribution in [0.25, 0.3) is 11.3 Å². The lowest BCUT2D eigenvalue weighted by molar-refractivity contribution is -0.122. The monoisotopic (exact) mass is 372 g/mol. The first-order valence-corrected chi connectivity index (χ1v) is 9.69. The van der Waals surface area contributed by atoms with E-state index in [0.29, 0.717) is 0 Å². The van der Waals surface area contributed by atoms with Crippen molar-refractivity contribution in [2.24, 2.45) is 5.92 Å². The molecule has 2 aromatic carbocycles. The average Bonchev–Trinajstić information content (AvgIpc) is 2.79. The number of aromatic nitrogens is 2. The SMILES string of the molecule is CN(C(=O)C1CCN(c2ccc(-c3ccccc3)nn2)CC1)c1ccccc1. The molecule has 0 atom stereocenters. The molecule has 0 saturated carbocycles. The number of nitrogens with zero attached hydrogens (tertiary/aromatic N) is 4. The molecule has 3 aromatic rings. The molecular weight excluding hydrogens is 348 g/mol. The molecule has 0 radical (unpaired) electrons. The minimum absolute atomic E-state index is 0.0537. The normalized spacial score (nSPS) is 14.7. The van der Waals surface area contributed by atoms with E-state index in [1.165, 1.54) is 0 Å². The molecule has 0 aliphatic carbocycles. The topological polar surface area (TPSA) is 49.3 Å². The van der Waals surface area contributed by atoms with Crippen molar-refractivity contribution in [1.82, 2.24) is 10.2 Å². The summed E-state index contributed by atoms with van der Waals surface area (Å²) >= 11 is 0. The second-order valence-corrected chi connectivity index (χ2v) is 7.14. The molecule has 142 valence electrons. The van der Waals surface area contributed by atoms with Gasteiger partial charge in [0.15, 0.2) is 5.82 Å². The van der Waals surface area contributed by atoms with Crippen LogP contribution in [0.15, 0.2) is 72.8 Å². The number of para-hydroxylation sites is 1. The largest absolute Gasteiger partial charge is 0.355 e. The summed E-state index contributed by atoms with van der Waals surface area (Å²) in [5, 5.41) is 8.79. The molecule has 0 spiro atoms. The molecule has 5 heteroatoms. The summed E-state index contributed by atoms with van der Waals surface area (Å²) in [6.45, 7) is 1.64. The van der Waals surface area contributed by atoms with E-state index in [-0.39, 0.29) is 11.8 Å². The maximum absolute atomic E-state index is 12.8. The van der Waals surface area contributed by atoms with Gasteiger partial charge in [-0.05, 0) is 37.1 Å². The predicted octanol–water partition coefficient (Wildman–Crippen LogP) is 4.02. The number of benzene rings is 2. The van der Waals surface area contributed by atoms with E-state index in [4.69, 9.17) is 0 Å². The molecule has 0 N–H and O–H groups in total. The summed E-state index contributed by atoms with van der Waals surface area (Å²) in [5.41, 5.74) is 2.88. The first kappa shape index (κ1) is 18.2. The second kappa shape index (κ2) is 8.21. The van der Waals surface area contributed by atoms with Crippen molar-refractivity contribution >= 4 is 17.4 Å². The standard InChI is InChI=1S/C23H24N4O/c1-26(20-10-6-3-7-11-20)23(28)19-14-16-27(17-15-19)22-13-12-21(24-25-22)18-8-4-2-5-9-18/h2-13,19H,14-17H2,1H3. The van der Waals surface area contributed by atoms with Crippen LogP contribution in [0.5, 0.6) is 0 Å². The Morgan fingerprint density at radius 2 is 1.54 bits per heavy atom. The molecule has 1 amide bonds. The van der Waals surface area contributed by atoms with Crippen molar-refractivity contribution in [2.75, 3.05) is 29.9 Å². The highest BCUT2D eigenvalue weighted by atomic mass is 16.2. The number of carbonyl (C=O) groups is 1. The lowest BCUT2D eigenvalue weighted by Gasteiger charge is -2.33. The average molecular weight is 372 g/mol. The Labute approximate surface area is 165 Å². The van der Waals surface area contributed by atoms with E-state index in [1.54, 1.807) is 4.90 Å². The zero-order valence-electron chi connectivity index (χ0n) is 16.0. The van der Waals surface area contributed by atoms with E-state index >= 15 is 0 Å². The maximum Gasteiger partial charge on any atom is 0.229 e. The third-order valence-corrected chi connectivity index (χ3v) is 5.36. The fraction of sp³-hybridized carbons (Fsp3) is 0.261. The number of amides is 1. The summed E-state index contributed by atoms with van der Waals surface area (Å²) < 4.78 is 0. The molecular formula is C23H24N4O. The summed E-state index contributed by atoms with van der Waals surface area (Å²) in [6, 6.07) is 23.9. The minimum Gasteiger partial charge on any atom is -0.355 e. The van der Waals surface area contributed by atoms with Crippen LogP contribution >= 0.6 is 0 Å². The van der Waals surface area contributed by atoms with Crippen molar-refractivity contribution in [3.8, 4) is 11.3 Å². The Morgan fingerprint density at radius 1 is 0.893 bits per heavy atom. The quantitative estimate of drug-likeness (QED) is 0.694. The van der Waals surface area contributed by atoms with Crippen LogP contribution in [-0.2, 0) is 4.79 Å². The summed E-state index contributed by atoms with van der Waals surface area (Å²) in [4.78, 5) is 16.8. The van der Waals surface area contributed by atoms with Crippen LogP contribution < -0.4 is 9.80 Å². The maximum atomic E-state index is 12.8. The molecule has 1 aromatic heterocycles. The van der Waals surface area contributed by atoms with Crippen molar-refractivity contribution in [1.29, 1.82) is 0 Å². The Morgan fingerprint density at radius 3 is 2.14 bits per heavy atom. The molecule has 4 rings (SSSR count). The zero-order chi connectivity index (χ0) is 19.3. The highest BCUT2D eigenvalue weighted by Gasteiger charge is 2.28. The Balaban J connectivity index is 1.37. The smallest absolute Gasteiger partial charge is 0.229 e. The fourth-order valence-electron chi connectivity index (χ4n) is 3.67. The first-order chi connectivity index (χ1) is 13.7. The van der Waals surface area contributed by atoms with Crippen LogP contribution in [0.1, 0.15) is 12.8 Å². The van der Waals surface area contributed by atoms with Gasteiger partial charge < -0.3 is 9.80 Å². The van der Waals surface area contributed by atoms with Gasteiger partial charge >= 0.3 is 0 Å². The molecule has 2 heterocycles. The third-order valence-electron chi connectivity index (χ3n) is 5.36. The van der Waals surface area contributed by atoms with E-state index in [1.807, 2.05) is 79.8 Å². The molecule has 1 aliphatic rings. The van der Waals surface area contributed by atoms with Crippen LogP contribution in [0.3, 0.4) is 0 Å². The number of carbonyl (C=O) groups excluding carboxylic acids is 1. The summed E-state index contributed by atoms with van der Waals surface area (Å²) in [5.74, 6) is 1.12. The summed E-state index contributed by atoms with van der Waals surface area (Å²) in [6.07, 6.45) is 1.66. The fourth-order valence-corrected chi connectivity index (χ4v) is 3.67. The Kier molecular flexibility index (Phi) is 5.33. The molecule has 1 saturated heterocycles. The van der Waals surface area contributed by atoms with Crippen molar-refractivity contribution in [2.45, 2.75) is 12.8 Å². The number of hydrogen-bond donors (Lipinski definition) is 0. The molecule has 0 bridgehead atoms. The van der Waals surface area contributed by atoms with Gasteiger partial charge in [-0.15, -0.1) is 10.2 Å². The van der Waals surface area contributed by atoms with Gasteiger partial charge in [0.1, 0.15) is 0 Å². The van der Waals surface area contributed by atoms with E-state index in [2.05, 4.69) is 15.1 Å². The highest BCUT2D eigenvalue weighted by Crippen LogP contribution is 2.25. The van der Waals surface area contributed by atoms with Gasteiger partial charge in [0, 0.05) is 37.3 Å². The summed E-state index contributed by atoms with van der Waals surface area (Å²) in [7, 11) is 1.86. The van der Waals surface area contributed by atoms with Gasteiger partial charge in [0.2, 0.25) is 5.91 Å². The number of rotatable bonds is 4.